The largest absolute Gasteiger partial charge is 0.492 e. The Labute approximate surface area is 278 Å². The molecule has 0 aliphatic carbocycles. The summed E-state index contributed by atoms with van der Waals surface area (Å²) < 4.78 is 12.1. The van der Waals surface area contributed by atoms with Crippen molar-refractivity contribution >= 4 is 29.5 Å². The number of piperidine rings is 1. The van der Waals surface area contributed by atoms with E-state index in [0.29, 0.717) is 17.2 Å². The van der Waals surface area contributed by atoms with Gasteiger partial charge in [-0.25, -0.2) is 0 Å². The topological polar surface area (TPSA) is 168 Å². The Balaban J connectivity index is 1.38. The number of hydrogen-bond acceptors (Lipinski definition) is 8. The van der Waals surface area contributed by atoms with Crippen molar-refractivity contribution < 1.29 is 33.4 Å². The van der Waals surface area contributed by atoms with Gasteiger partial charge in [-0.2, -0.15) is 0 Å². The van der Waals surface area contributed by atoms with Crippen molar-refractivity contribution in [2.45, 2.75) is 56.8 Å². The molecule has 0 unspecified atom stereocenters. The van der Waals surface area contributed by atoms with Crippen LogP contribution in [-0.2, 0) is 25.6 Å². The van der Waals surface area contributed by atoms with Crippen molar-refractivity contribution in [1.82, 2.24) is 31.2 Å². The number of aromatic nitrogens is 1. The van der Waals surface area contributed by atoms with Crippen LogP contribution in [0.2, 0.25) is 0 Å². The van der Waals surface area contributed by atoms with Gasteiger partial charge in [0, 0.05) is 38.5 Å². The van der Waals surface area contributed by atoms with E-state index in [2.05, 4.69) is 26.3 Å². The Bertz CT molecular complexity index is 1590. The van der Waals surface area contributed by atoms with Gasteiger partial charge in [-0.1, -0.05) is 36.4 Å². The van der Waals surface area contributed by atoms with Crippen LogP contribution in [0.25, 0.3) is 0 Å². The lowest BCUT2D eigenvalue weighted by molar-refractivity contribution is -0.143. The van der Waals surface area contributed by atoms with Gasteiger partial charge in [-0.3, -0.25) is 29.0 Å². The highest BCUT2D eigenvalue weighted by molar-refractivity contribution is 5.96. The van der Waals surface area contributed by atoms with Crippen LogP contribution in [0.4, 0.5) is 0 Å². The van der Waals surface area contributed by atoms with Crippen LogP contribution in [0.3, 0.4) is 0 Å². The van der Waals surface area contributed by atoms with E-state index >= 15 is 0 Å². The summed E-state index contributed by atoms with van der Waals surface area (Å²) in [7, 11) is 0. The lowest BCUT2D eigenvalue weighted by Gasteiger charge is -2.41. The van der Waals surface area contributed by atoms with Gasteiger partial charge in [0.05, 0.1) is 6.54 Å². The number of carbonyl (C=O) groups excluding carboxylic acids is 5. The summed E-state index contributed by atoms with van der Waals surface area (Å²) in [6, 6.07) is 18.0. The van der Waals surface area contributed by atoms with Crippen LogP contribution in [0, 0.1) is 0 Å². The van der Waals surface area contributed by atoms with Crippen LogP contribution >= 0.6 is 0 Å². The monoisotopic (exact) mass is 656 g/mol. The summed E-state index contributed by atoms with van der Waals surface area (Å²) in [6.07, 6.45) is 2.01. The number of nitrogens with zero attached hydrogens (tertiary/aromatic N) is 2. The predicted octanol–water partition coefficient (Wildman–Crippen LogP) is 1.38. The van der Waals surface area contributed by atoms with E-state index < -0.39 is 47.4 Å². The normalized spacial score (nSPS) is 22.3. The number of ether oxygens (including phenoxy) is 2. The molecule has 2 aromatic carbocycles. The highest BCUT2D eigenvalue weighted by Crippen LogP contribution is 2.31. The number of hydrogen-bond donors (Lipinski definition) is 4. The van der Waals surface area contributed by atoms with Crippen LogP contribution in [0.5, 0.6) is 11.5 Å². The lowest BCUT2D eigenvalue weighted by atomic mass is 9.89. The number of likely N-dealkylation sites (tertiary alicyclic amines) is 1. The molecule has 1 saturated heterocycles. The van der Waals surface area contributed by atoms with Crippen LogP contribution in [0.1, 0.15) is 42.7 Å². The van der Waals surface area contributed by atoms with Crippen LogP contribution in [-0.4, -0.2) is 89.4 Å². The minimum absolute atomic E-state index is 0.153. The molecule has 252 valence electrons. The Kier molecular flexibility index (Phi) is 10.9. The molecule has 3 aliphatic heterocycles. The maximum absolute atomic E-state index is 14.0. The van der Waals surface area contributed by atoms with Crippen molar-refractivity contribution in [2.75, 3.05) is 26.2 Å². The molecular formula is C35H40N6O7. The molecule has 0 saturated carbocycles. The second-order valence-corrected chi connectivity index (χ2v) is 11.9. The zero-order chi connectivity index (χ0) is 34.1. The first-order valence-electron chi connectivity index (χ1n) is 16.0. The van der Waals surface area contributed by atoms with E-state index in [0.717, 1.165) is 5.56 Å². The first-order chi connectivity index (χ1) is 23.1. The molecule has 4 heterocycles. The number of rotatable bonds is 3. The third-order valence-electron chi connectivity index (χ3n) is 8.37. The summed E-state index contributed by atoms with van der Waals surface area (Å²) in [5, 5.41) is 11.0. The van der Waals surface area contributed by atoms with Gasteiger partial charge in [0.25, 0.3) is 11.8 Å². The van der Waals surface area contributed by atoms with Gasteiger partial charge in [-0.05, 0) is 55.8 Å². The van der Waals surface area contributed by atoms with Gasteiger partial charge in [-0.15, -0.1) is 0 Å². The molecule has 13 nitrogen and oxygen atoms in total. The smallest absolute Gasteiger partial charge is 0.272 e. The number of amides is 5. The van der Waals surface area contributed by atoms with Crippen molar-refractivity contribution in [3.8, 4) is 11.5 Å². The Morgan fingerprint density at radius 1 is 0.812 bits per heavy atom. The molecule has 0 radical (unpaired) electrons. The average Bonchev–Trinajstić information content (AvgIpc) is 3.10. The minimum atomic E-state index is -1.40. The van der Waals surface area contributed by atoms with Gasteiger partial charge >= 0.3 is 0 Å². The molecule has 13 heteroatoms. The maximum Gasteiger partial charge on any atom is 0.272 e. The fourth-order valence-electron chi connectivity index (χ4n) is 5.55. The fraction of sp³-hybridized carbons (Fsp3) is 0.371. The quantitative estimate of drug-likeness (QED) is 0.307. The van der Waals surface area contributed by atoms with E-state index in [1.165, 1.54) is 6.92 Å². The van der Waals surface area contributed by atoms with E-state index in [1.807, 2.05) is 30.3 Å². The van der Waals surface area contributed by atoms with E-state index in [9.17, 15) is 24.0 Å². The molecule has 1 fully saturated rings. The zero-order valence-electron chi connectivity index (χ0n) is 26.9. The number of nitrogens with one attached hydrogen (secondary N) is 4. The Morgan fingerprint density at radius 2 is 1.48 bits per heavy atom. The summed E-state index contributed by atoms with van der Waals surface area (Å²) in [5.74, 6) is -1.41. The summed E-state index contributed by atoms with van der Waals surface area (Å²) in [4.78, 5) is 72.5. The molecule has 1 spiro atoms. The maximum atomic E-state index is 14.0. The molecule has 1 aromatic heterocycles. The molecule has 2 bridgehead atoms. The molecule has 3 aromatic rings. The second-order valence-electron chi connectivity index (χ2n) is 11.9. The molecule has 48 heavy (non-hydrogen) atoms. The highest BCUT2D eigenvalue weighted by Gasteiger charge is 2.46. The van der Waals surface area contributed by atoms with Crippen LogP contribution < -0.4 is 30.7 Å². The first kappa shape index (κ1) is 33.9. The Hall–Kier alpha value is -5.46. The third-order valence-corrected chi connectivity index (χ3v) is 8.37. The zero-order valence-corrected chi connectivity index (χ0v) is 26.9. The van der Waals surface area contributed by atoms with Gasteiger partial charge < -0.3 is 35.6 Å². The van der Waals surface area contributed by atoms with Gasteiger partial charge in [0.1, 0.15) is 41.9 Å². The van der Waals surface area contributed by atoms with Crippen LogP contribution in [0.15, 0.2) is 79.0 Å². The second kappa shape index (κ2) is 15.4. The van der Waals surface area contributed by atoms with Crippen molar-refractivity contribution in [1.29, 1.82) is 0 Å². The third kappa shape index (κ3) is 8.46. The summed E-state index contributed by atoms with van der Waals surface area (Å²) in [5.41, 5.74) is -0.304. The molecule has 3 atom stereocenters. The van der Waals surface area contributed by atoms with E-state index in [1.54, 1.807) is 60.5 Å². The predicted molar refractivity (Wildman–Crippen MR) is 175 cm³/mol. The first-order valence-corrected chi connectivity index (χ1v) is 16.0. The average molecular weight is 657 g/mol. The number of fused-ring (bicyclic) bond motifs is 15. The van der Waals surface area contributed by atoms with Gasteiger partial charge in [0.15, 0.2) is 5.60 Å². The van der Waals surface area contributed by atoms with Crippen molar-refractivity contribution in [3.63, 3.8) is 0 Å². The summed E-state index contributed by atoms with van der Waals surface area (Å²) in [6.45, 7) is 3.87. The lowest BCUT2D eigenvalue weighted by Crippen LogP contribution is -2.61. The molecule has 5 amide bonds. The molecule has 6 rings (SSSR count). The number of carbonyl (C=O) groups is 5. The standard InChI is InChI=1S/C35H40N6O7/c1-23-30(42)37-18-21-47-26-11-13-27(14-12-26)48-35(15-19-41(20-16-35)33(45)28-10-6-7-17-36-28)34(46)39-24(2)31(43)40-29(32(44)38-23)22-25-8-4-3-5-9-25/h3-14,17,23-24,29H,15-16,18-22H2,1-2H3,(H,37,42)(H,38,44)(H,39,46)(H,40,43)/t23-,24-,29-/m0/s1. The number of benzene rings is 2. The summed E-state index contributed by atoms with van der Waals surface area (Å²) >= 11 is 0. The molecule has 3 aliphatic rings. The van der Waals surface area contributed by atoms with Gasteiger partial charge in [0.2, 0.25) is 17.7 Å². The number of pyridine rings is 1. The minimum Gasteiger partial charge on any atom is -0.492 e. The van der Waals surface area contributed by atoms with Crippen molar-refractivity contribution in [2.24, 2.45) is 0 Å². The highest BCUT2D eigenvalue weighted by atomic mass is 16.5. The molecular weight excluding hydrogens is 616 g/mol. The molecule has 4 N–H and O–H groups in total. The fourth-order valence-corrected chi connectivity index (χ4v) is 5.55. The van der Waals surface area contributed by atoms with E-state index in [4.69, 9.17) is 9.47 Å². The van der Waals surface area contributed by atoms with E-state index in [-0.39, 0.29) is 51.4 Å². The SMILES string of the molecule is C[C@@H]1NC(=O)[C@H](Cc2ccccc2)NC(=O)[C@H](C)NC(=O)C2(CCN(C(=O)c3ccccn3)CC2)Oc2ccc(cc2)OCCNC1=O. The Morgan fingerprint density at radius 3 is 2.17 bits per heavy atom. The van der Waals surface area contributed by atoms with Crippen molar-refractivity contribution in [3.05, 3.63) is 90.3 Å².